The van der Waals surface area contributed by atoms with Gasteiger partial charge in [-0.2, -0.15) is 16.3 Å². The van der Waals surface area contributed by atoms with Crippen LogP contribution in [0.4, 0.5) is 5.82 Å². The summed E-state index contributed by atoms with van der Waals surface area (Å²) in [6.45, 7) is 3.36. The van der Waals surface area contributed by atoms with Crippen molar-refractivity contribution >= 4 is 23.2 Å². The highest BCUT2D eigenvalue weighted by atomic mass is 32.2. The molecular formula is C14H21N7S. The van der Waals surface area contributed by atoms with Gasteiger partial charge in [0.15, 0.2) is 5.65 Å². The van der Waals surface area contributed by atoms with Crippen molar-refractivity contribution in [3.05, 3.63) is 12.4 Å². The number of nitrogens with zero attached hydrogens (tertiary/aromatic N) is 6. The van der Waals surface area contributed by atoms with Crippen molar-refractivity contribution < 1.29 is 0 Å². The summed E-state index contributed by atoms with van der Waals surface area (Å²) in [4.78, 5) is 6.93. The van der Waals surface area contributed by atoms with Gasteiger partial charge in [-0.1, -0.05) is 12.8 Å². The molecule has 0 atom stereocenters. The Balaban J connectivity index is 1.53. The second-order valence-electron chi connectivity index (χ2n) is 6.13. The zero-order valence-corrected chi connectivity index (χ0v) is 13.4. The van der Waals surface area contributed by atoms with E-state index in [1.165, 1.54) is 50.3 Å². The van der Waals surface area contributed by atoms with Crippen LogP contribution in [0.3, 0.4) is 0 Å². The molecule has 4 rings (SSSR count). The number of aromatic nitrogens is 5. The Bertz CT molecular complexity index is 631. The van der Waals surface area contributed by atoms with Gasteiger partial charge in [-0.3, -0.25) is 9.88 Å². The molecule has 0 bridgehead atoms. The van der Waals surface area contributed by atoms with E-state index in [-0.39, 0.29) is 5.54 Å². The van der Waals surface area contributed by atoms with Crippen LogP contribution in [0.5, 0.6) is 0 Å². The monoisotopic (exact) mass is 319 g/mol. The molecule has 1 N–H and O–H groups in total. The third kappa shape index (κ3) is 2.54. The quantitative estimate of drug-likeness (QED) is 0.910. The van der Waals surface area contributed by atoms with Gasteiger partial charge in [0.05, 0.1) is 12.4 Å². The summed E-state index contributed by atoms with van der Waals surface area (Å²) in [5, 5.41) is 15.3. The van der Waals surface area contributed by atoms with Gasteiger partial charge < -0.3 is 5.32 Å². The van der Waals surface area contributed by atoms with Gasteiger partial charge in [-0.05, 0) is 23.3 Å². The van der Waals surface area contributed by atoms with Crippen LogP contribution in [0.1, 0.15) is 25.7 Å². The molecule has 1 aliphatic carbocycles. The van der Waals surface area contributed by atoms with Crippen LogP contribution in [0.2, 0.25) is 0 Å². The van der Waals surface area contributed by atoms with Crippen molar-refractivity contribution in [2.75, 3.05) is 36.5 Å². The number of fused-ring (bicyclic) bond motifs is 1. The molecule has 2 aliphatic rings. The highest BCUT2D eigenvalue weighted by Crippen LogP contribution is 2.36. The smallest absolute Gasteiger partial charge is 0.199 e. The minimum Gasteiger partial charge on any atom is -0.367 e. The highest BCUT2D eigenvalue weighted by Gasteiger charge is 2.39. The fourth-order valence-corrected chi connectivity index (χ4v) is 4.63. The Labute approximate surface area is 133 Å². The van der Waals surface area contributed by atoms with Gasteiger partial charge in [0.25, 0.3) is 0 Å². The molecule has 0 unspecified atom stereocenters. The molecule has 7 nitrogen and oxygen atoms in total. The van der Waals surface area contributed by atoms with E-state index in [4.69, 9.17) is 0 Å². The van der Waals surface area contributed by atoms with E-state index in [1.807, 2.05) is 0 Å². The zero-order chi connectivity index (χ0) is 14.8. The molecule has 1 saturated heterocycles. The summed E-state index contributed by atoms with van der Waals surface area (Å²) < 4.78 is 1.72. The van der Waals surface area contributed by atoms with E-state index in [9.17, 15) is 0 Å². The molecular weight excluding hydrogens is 298 g/mol. The Morgan fingerprint density at radius 3 is 2.82 bits per heavy atom. The number of thioether (sulfide) groups is 1. The van der Waals surface area contributed by atoms with Crippen LogP contribution < -0.4 is 5.32 Å². The lowest BCUT2D eigenvalue weighted by atomic mass is 9.94. The van der Waals surface area contributed by atoms with Gasteiger partial charge in [-0.25, -0.2) is 0 Å². The predicted octanol–water partition coefficient (Wildman–Crippen LogP) is 1.29. The maximum absolute atomic E-state index is 4.22. The lowest BCUT2D eigenvalue weighted by molar-refractivity contribution is 0.116. The minimum absolute atomic E-state index is 0.289. The number of hydrogen-bond acceptors (Lipinski definition) is 7. The first kappa shape index (κ1) is 14.2. The largest absolute Gasteiger partial charge is 0.367 e. The summed E-state index contributed by atoms with van der Waals surface area (Å²) in [6.07, 6.45) is 8.71. The highest BCUT2D eigenvalue weighted by molar-refractivity contribution is 7.99. The zero-order valence-electron chi connectivity index (χ0n) is 12.6. The lowest BCUT2D eigenvalue weighted by Gasteiger charge is -2.43. The number of rotatable bonds is 4. The van der Waals surface area contributed by atoms with Crippen LogP contribution >= 0.6 is 11.8 Å². The summed E-state index contributed by atoms with van der Waals surface area (Å²) >= 11 is 2.07. The second kappa shape index (κ2) is 6.00. The molecule has 2 aromatic rings. The summed E-state index contributed by atoms with van der Waals surface area (Å²) in [5.74, 6) is 3.39. The first-order valence-electron chi connectivity index (χ1n) is 7.96. The van der Waals surface area contributed by atoms with E-state index in [0.717, 1.165) is 12.4 Å². The number of anilines is 1. The molecule has 118 valence electrons. The number of nitrogens with one attached hydrogen (secondary N) is 1. The molecule has 1 saturated carbocycles. The van der Waals surface area contributed by atoms with E-state index in [1.54, 1.807) is 16.9 Å². The average molecular weight is 319 g/mol. The topological polar surface area (TPSA) is 71.2 Å². The number of tetrazole rings is 1. The van der Waals surface area contributed by atoms with E-state index in [0.29, 0.717) is 5.65 Å². The fraction of sp³-hybridized carbons (Fsp3) is 0.714. The van der Waals surface area contributed by atoms with Crippen molar-refractivity contribution in [3.63, 3.8) is 0 Å². The van der Waals surface area contributed by atoms with Crippen molar-refractivity contribution in [2.45, 2.75) is 31.2 Å². The Morgan fingerprint density at radius 1 is 1.18 bits per heavy atom. The van der Waals surface area contributed by atoms with Crippen molar-refractivity contribution in [2.24, 2.45) is 0 Å². The minimum atomic E-state index is 0.289. The fourth-order valence-electron chi connectivity index (χ4n) is 3.73. The maximum Gasteiger partial charge on any atom is 0.199 e. The van der Waals surface area contributed by atoms with E-state index in [2.05, 4.69) is 42.5 Å². The molecule has 1 aliphatic heterocycles. The SMILES string of the molecule is c1ncc2nnnn2c1NCC1(N2CCSCC2)CCCC1. The third-order valence-corrected chi connectivity index (χ3v) is 5.87. The molecule has 0 aromatic carbocycles. The van der Waals surface area contributed by atoms with Crippen LogP contribution in [0, 0.1) is 0 Å². The standard InChI is InChI=1S/C14H21N7S/c1-2-4-14(3-1,20-5-7-22-8-6-20)11-16-12-9-15-10-13-17-18-19-21(12)13/h9-10,16H,1-8,11H2. The van der Waals surface area contributed by atoms with Crippen LogP contribution in [0.25, 0.3) is 5.65 Å². The Morgan fingerprint density at radius 2 is 2.00 bits per heavy atom. The summed E-state index contributed by atoms with van der Waals surface area (Å²) in [6, 6.07) is 0. The molecule has 3 heterocycles. The van der Waals surface area contributed by atoms with Gasteiger partial charge in [0.2, 0.25) is 0 Å². The Hall–Kier alpha value is -1.41. The van der Waals surface area contributed by atoms with Crippen molar-refractivity contribution in [1.82, 2.24) is 29.9 Å². The number of hydrogen-bond donors (Lipinski definition) is 1. The molecule has 8 heteroatoms. The van der Waals surface area contributed by atoms with Gasteiger partial charge in [-0.15, -0.1) is 5.10 Å². The molecule has 0 amide bonds. The van der Waals surface area contributed by atoms with Crippen molar-refractivity contribution in [3.8, 4) is 0 Å². The van der Waals surface area contributed by atoms with Gasteiger partial charge >= 0.3 is 0 Å². The van der Waals surface area contributed by atoms with Crippen LogP contribution in [0.15, 0.2) is 12.4 Å². The maximum atomic E-state index is 4.22. The normalized spacial score (nSPS) is 22.2. The molecule has 2 fully saturated rings. The average Bonchev–Trinajstić information content (AvgIpc) is 3.24. The van der Waals surface area contributed by atoms with Crippen LogP contribution in [-0.2, 0) is 0 Å². The molecule has 0 spiro atoms. The first-order valence-corrected chi connectivity index (χ1v) is 9.12. The molecule has 2 aromatic heterocycles. The van der Waals surface area contributed by atoms with Gasteiger partial charge in [0.1, 0.15) is 5.82 Å². The van der Waals surface area contributed by atoms with E-state index >= 15 is 0 Å². The summed E-state index contributed by atoms with van der Waals surface area (Å²) in [5.41, 5.74) is 0.969. The second-order valence-corrected chi connectivity index (χ2v) is 7.35. The van der Waals surface area contributed by atoms with E-state index < -0.39 is 0 Å². The van der Waals surface area contributed by atoms with Crippen molar-refractivity contribution in [1.29, 1.82) is 0 Å². The molecule has 22 heavy (non-hydrogen) atoms. The van der Waals surface area contributed by atoms with Gasteiger partial charge in [0, 0.05) is 36.7 Å². The Kier molecular flexibility index (Phi) is 3.87. The molecule has 0 radical (unpaired) electrons. The third-order valence-electron chi connectivity index (χ3n) is 4.92. The van der Waals surface area contributed by atoms with Crippen LogP contribution in [-0.4, -0.2) is 66.6 Å². The predicted molar refractivity (Wildman–Crippen MR) is 87.2 cm³/mol. The lowest BCUT2D eigenvalue weighted by Crippen LogP contribution is -2.54. The summed E-state index contributed by atoms with van der Waals surface area (Å²) in [7, 11) is 0. The first-order chi connectivity index (χ1) is 10.9.